The maximum Gasteiger partial charge on any atom is 0.166 e. The first kappa shape index (κ1) is 11.6. The Hall–Kier alpha value is -2.47. The molecule has 1 aromatic carbocycles. The molecule has 2 heterocycles. The van der Waals surface area contributed by atoms with E-state index in [4.69, 9.17) is 0 Å². The molecule has 0 spiro atoms. The minimum Gasteiger partial charge on any atom is -0.254 e. The number of hydrogen-bond acceptors (Lipinski definition) is 6. The highest BCUT2D eigenvalue weighted by Gasteiger charge is 2.12. The molecule has 0 atom stereocenters. The van der Waals surface area contributed by atoms with Gasteiger partial charge < -0.3 is 0 Å². The lowest BCUT2D eigenvalue weighted by molar-refractivity contribution is 1.09. The Labute approximate surface area is 113 Å². The summed E-state index contributed by atoms with van der Waals surface area (Å²) in [6.07, 6.45) is 1.71. The van der Waals surface area contributed by atoms with Gasteiger partial charge in [0.25, 0.3) is 0 Å². The van der Waals surface area contributed by atoms with Gasteiger partial charge in [0, 0.05) is 11.8 Å². The molecule has 0 amide bonds. The molecule has 0 fully saturated rings. The Morgan fingerprint density at radius 1 is 0.947 bits per heavy atom. The molecule has 3 aromatic rings. The molecule has 92 valence electrons. The quantitative estimate of drug-likeness (QED) is 0.680. The smallest absolute Gasteiger partial charge is 0.166 e. The predicted molar refractivity (Wildman–Crippen MR) is 74.0 cm³/mol. The Kier molecular flexibility index (Phi) is 3.07. The van der Waals surface area contributed by atoms with Gasteiger partial charge in [-0.05, 0) is 29.4 Å². The summed E-state index contributed by atoms with van der Waals surface area (Å²) in [5, 5.41) is 12.6. The van der Waals surface area contributed by atoms with E-state index in [1.807, 2.05) is 24.3 Å². The molecule has 6 heteroatoms. The molecule has 0 radical (unpaired) electrons. The lowest BCUT2D eigenvalue weighted by atomic mass is 10.2. The summed E-state index contributed by atoms with van der Waals surface area (Å²) >= 11 is 1.38. The van der Waals surface area contributed by atoms with Crippen LogP contribution >= 0.6 is 11.3 Å². The van der Waals surface area contributed by atoms with Crippen molar-refractivity contribution in [3.05, 3.63) is 53.6 Å². The van der Waals surface area contributed by atoms with E-state index in [2.05, 4.69) is 20.4 Å². The zero-order chi connectivity index (χ0) is 13.1. The summed E-state index contributed by atoms with van der Waals surface area (Å²) in [6.45, 7) is 0. The second-order valence-electron chi connectivity index (χ2n) is 3.74. The number of hydrogen-bond donors (Lipinski definition) is 0. The average Bonchev–Trinajstić information content (AvgIpc) is 2.98. The van der Waals surface area contributed by atoms with E-state index in [9.17, 15) is 4.91 Å². The molecule has 0 aliphatic carbocycles. The van der Waals surface area contributed by atoms with Crippen molar-refractivity contribution in [1.82, 2.24) is 15.2 Å². The maximum atomic E-state index is 10.8. The Bertz CT molecular complexity index is 711. The molecule has 0 saturated carbocycles. The number of benzene rings is 1. The second-order valence-corrected chi connectivity index (χ2v) is 4.71. The third-order valence-corrected chi connectivity index (χ3v) is 3.52. The first-order chi connectivity index (χ1) is 9.38. The van der Waals surface area contributed by atoms with Crippen LogP contribution in [0.3, 0.4) is 0 Å². The summed E-state index contributed by atoms with van der Waals surface area (Å²) in [5.74, 6) is 0. The van der Waals surface area contributed by atoms with Crippen molar-refractivity contribution in [2.45, 2.75) is 0 Å². The van der Waals surface area contributed by atoms with Gasteiger partial charge in [0.05, 0.1) is 0 Å². The highest BCUT2D eigenvalue weighted by molar-refractivity contribution is 7.17. The topological polar surface area (TPSA) is 68.1 Å². The van der Waals surface area contributed by atoms with Gasteiger partial charge in [0.15, 0.2) is 5.01 Å². The molecule has 3 rings (SSSR count). The Morgan fingerprint density at radius 2 is 1.74 bits per heavy atom. The molecule has 19 heavy (non-hydrogen) atoms. The van der Waals surface area contributed by atoms with Crippen molar-refractivity contribution in [2.24, 2.45) is 5.18 Å². The molecular weight excluding hydrogens is 260 g/mol. The second kappa shape index (κ2) is 5.03. The monoisotopic (exact) mass is 268 g/mol. The molecule has 0 saturated heterocycles. The van der Waals surface area contributed by atoms with Crippen molar-refractivity contribution < 1.29 is 0 Å². The van der Waals surface area contributed by atoms with Crippen molar-refractivity contribution in [2.75, 3.05) is 0 Å². The van der Waals surface area contributed by atoms with Crippen LogP contribution in [-0.4, -0.2) is 15.2 Å². The van der Waals surface area contributed by atoms with Crippen molar-refractivity contribution in [3.63, 3.8) is 0 Å². The lowest BCUT2D eigenvalue weighted by Gasteiger charge is -1.96. The van der Waals surface area contributed by atoms with Crippen molar-refractivity contribution >= 4 is 17.0 Å². The van der Waals surface area contributed by atoms with E-state index < -0.39 is 0 Å². The summed E-state index contributed by atoms with van der Waals surface area (Å²) in [7, 11) is 0. The van der Waals surface area contributed by atoms with Crippen molar-refractivity contribution in [3.8, 4) is 21.3 Å². The fourth-order valence-electron chi connectivity index (χ4n) is 1.66. The van der Waals surface area contributed by atoms with Gasteiger partial charge in [-0.2, -0.15) is 0 Å². The van der Waals surface area contributed by atoms with Gasteiger partial charge >= 0.3 is 0 Å². The predicted octanol–water partition coefficient (Wildman–Crippen LogP) is 3.67. The van der Waals surface area contributed by atoms with E-state index >= 15 is 0 Å². The maximum absolute atomic E-state index is 10.8. The number of rotatable bonds is 3. The molecule has 0 unspecified atom stereocenters. The largest absolute Gasteiger partial charge is 0.254 e. The zero-order valence-corrected chi connectivity index (χ0v) is 10.5. The molecular formula is C13H8N4OS. The fraction of sp³-hybridized carbons (Fsp3) is 0. The first-order valence-electron chi connectivity index (χ1n) is 5.56. The van der Waals surface area contributed by atoms with Crippen LogP contribution in [0.25, 0.3) is 21.3 Å². The van der Waals surface area contributed by atoms with Crippen LogP contribution < -0.4 is 0 Å². The number of aromatic nitrogens is 3. The average molecular weight is 268 g/mol. The highest BCUT2D eigenvalue weighted by atomic mass is 32.1. The Morgan fingerprint density at radius 3 is 2.53 bits per heavy atom. The van der Waals surface area contributed by atoms with Crippen LogP contribution in [-0.2, 0) is 0 Å². The molecule has 0 aliphatic heterocycles. The van der Waals surface area contributed by atoms with E-state index in [1.165, 1.54) is 11.3 Å². The van der Waals surface area contributed by atoms with Gasteiger partial charge in [0.2, 0.25) is 0 Å². The normalized spacial score (nSPS) is 10.3. The highest BCUT2D eigenvalue weighted by Crippen LogP contribution is 2.34. The van der Waals surface area contributed by atoms with E-state index in [0.717, 1.165) is 10.7 Å². The standard InChI is InChI=1S/C13H8N4OS/c18-17-10-6-2-1-5-9(10)12-15-16-13(19-12)11-7-3-4-8-14-11/h1-8H. The summed E-state index contributed by atoms with van der Waals surface area (Å²) < 4.78 is 0. The molecule has 0 N–H and O–H groups in total. The third-order valence-electron chi connectivity index (χ3n) is 2.54. The van der Waals surface area contributed by atoms with E-state index in [-0.39, 0.29) is 0 Å². The fourth-order valence-corrected chi connectivity index (χ4v) is 2.51. The van der Waals surface area contributed by atoms with Crippen LogP contribution in [0.2, 0.25) is 0 Å². The van der Waals surface area contributed by atoms with Gasteiger partial charge in [-0.3, -0.25) is 4.98 Å². The SMILES string of the molecule is O=Nc1ccccc1-c1nnc(-c2ccccn2)s1. The van der Waals surface area contributed by atoms with Crippen LogP contribution in [0.5, 0.6) is 0 Å². The summed E-state index contributed by atoms with van der Waals surface area (Å²) in [5.41, 5.74) is 1.83. The number of nitrogens with zero attached hydrogens (tertiary/aromatic N) is 4. The van der Waals surface area contributed by atoms with Gasteiger partial charge in [-0.15, -0.1) is 15.1 Å². The lowest BCUT2D eigenvalue weighted by Crippen LogP contribution is -1.80. The minimum atomic E-state index is 0.367. The van der Waals surface area contributed by atoms with E-state index in [1.54, 1.807) is 24.4 Å². The van der Waals surface area contributed by atoms with Crippen LogP contribution in [0.4, 0.5) is 5.69 Å². The first-order valence-corrected chi connectivity index (χ1v) is 6.38. The van der Waals surface area contributed by atoms with Crippen molar-refractivity contribution in [1.29, 1.82) is 0 Å². The third kappa shape index (κ3) is 2.25. The van der Waals surface area contributed by atoms with Gasteiger partial charge in [0.1, 0.15) is 16.4 Å². The van der Waals surface area contributed by atoms with Crippen LogP contribution in [0, 0.1) is 4.91 Å². The molecule has 0 bridgehead atoms. The summed E-state index contributed by atoms with van der Waals surface area (Å²) in [6, 6.07) is 12.7. The Balaban J connectivity index is 2.04. The van der Waals surface area contributed by atoms with Gasteiger partial charge in [-0.25, -0.2) is 0 Å². The molecule has 2 aromatic heterocycles. The molecule has 0 aliphatic rings. The number of nitroso groups, excluding NO2 is 1. The van der Waals surface area contributed by atoms with E-state index in [0.29, 0.717) is 16.3 Å². The molecule has 5 nitrogen and oxygen atoms in total. The van der Waals surface area contributed by atoms with Crippen LogP contribution in [0.15, 0.2) is 53.8 Å². The zero-order valence-electron chi connectivity index (χ0n) is 9.72. The number of pyridine rings is 1. The van der Waals surface area contributed by atoms with Gasteiger partial charge in [-0.1, -0.05) is 29.5 Å². The minimum absolute atomic E-state index is 0.367. The van der Waals surface area contributed by atoms with Crippen LogP contribution in [0.1, 0.15) is 0 Å². The summed E-state index contributed by atoms with van der Waals surface area (Å²) in [4.78, 5) is 15.0.